The first-order chi connectivity index (χ1) is 6.43. The first-order valence-electron chi connectivity index (χ1n) is 4.74. The second kappa shape index (κ2) is 9.03. The maximum atomic E-state index is 3.78. The van der Waals surface area contributed by atoms with Crippen molar-refractivity contribution in [1.82, 2.24) is 0 Å². The molecular formula is C13H16Ru. The third kappa shape index (κ3) is 5.99. The van der Waals surface area contributed by atoms with Gasteiger partial charge < -0.3 is 6.92 Å². The van der Waals surface area contributed by atoms with Crippen LogP contribution in [-0.4, -0.2) is 0 Å². The minimum atomic E-state index is 0. The summed E-state index contributed by atoms with van der Waals surface area (Å²) in [6.45, 7) is 3.78. The molecule has 1 aliphatic carbocycles. The standard InChI is InChI=1S/C8H11.C5H5.Ru/c1-2-5-8-6-3-4-7-8;1-2-4-5-3-1;/h3-4,6-8H,1-2,5H2;1-5H;/q2*-1;+2. The third-order valence-electron chi connectivity index (χ3n) is 1.92. The van der Waals surface area contributed by atoms with E-state index < -0.39 is 0 Å². The third-order valence-corrected chi connectivity index (χ3v) is 1.92. The van der Waals surface area contributed by atoms with Crippen molar-refractivity contribution in [3.05, 3.63) is 61.6 Å². The predicted molar refractivity (Wildman–Crippen MR) is 58.4 cm³/mol. The summed E-state index contributed by atoms with van der Waals surface area (Å²) in [5.41, 5.74) is 0. The van der Waals surface area contributed by atoms with Crippen LogP contribution in [-0.2, 0) is 19.5 Å². The van der Waals surface area contributed by atoms with Crippen LogP contribution in [0.15, 0.2) is 54.6 Å². The smallest absolute Gasteiger partial charge is 0.343 e. The van der Waals surface area contributed by atoms with Gasteiger partial charge in [-0.15, -0.1) is 0 Å². The van der Waals surface area contributed by atoms with Gasteiger partial charge in [-0.3, -0.25) is 0 Å². The summed E-state index contributed by atoms with van der Waals surface area (Å²) in [5.74, 6) is 0.687. The second-order valence-electron chi connectivity index (χ2n) is 3.04. The van der Waals surface area contributed by atoms with Gasteiger partial charge in [0.15, 0.2) is 0 Å². The van der Waals surface area contributed by atoms with Crippen LogP contribution < -0.4 is 0 Å². The Kier molecular flexibility index (Phi) is 8.67. The van der Waals surface area contributed by atoms with E-state index in [1.165, 1.54) is 6.42 Å². The number of hydrogen-bond donors (Lipinski definition) is 0. The van der Waals surface area contributed by atoms with E-state index in [4.69, 9.17) is 0 Å². The van der Waals surface area contributed by atoms with E-state index >= 15 is 0 Å². The molecule has 0 fully saturated rings. The SMILES string of the molecule is [CH2-]CCC1C=CC=C1.[Ru+2].c1cc[cH-]c1. The van der Waals surface area contributed by atoms with E-state index in [0.717, 1.165) is 6.42 Å². The summed E-state index contributed by atoms with van der Waals surface area (Å²) in [6.07, 6.45) is 10.9. The van der Waals surface area contributed by atoms with E-state index in [1.54, 1.807) is 0 Å². The molecule has 0 nitrogen and oxygen atoms in total. The molecule has 0 radical (unpaired) electrons. The van der Waals surface area contributed by atoms with E-state index in [-0.39, 0.29) is 19.5 Å². The van der Waals surface area contributed by atoms with Crippen molar-refractivity contribution in [3.8, 4) is 0 Å². The van der Waals surface area contributed by atoms with Gasteiger partial charge in [-0.25, -0.2) is 12.1 Å². The summed E-state index contributed by atoms with van der Waals surface area (Å²) < 4.78 is 0. The summed E-state index contributed by atoms with van der Waals surface area (Å²) in [4.78, 5) is 0. The Hall–Kier alpha value is -0.547. The number of hydrogen-bond acceptors (Lipinski definition) is 0. The van der Waals surface area contributed by atoms with Gasteiger partial charge >= 0.3 is 19.5 Å². The zero-order chi connectivity index (χ0) is 9.36. The molecule has 0 saturated heterocycles. The van der Waals surface area contributed by atoms with Crippen molar-refractivity contribution in [2.24, 2.45) is 5.92 Å². The zero-order valence-electron chi connectivity index (χ0n) is 8.25. The Labute approximate surface area is 99.8 Å². The first kappa shape index (κ1) is 13.5. The summed E-state index contributed by atoms with van der Waals surface area (Å²) in [5, 5.41) is 0. The van der Waals surface area contributed by atoms with Gasteiger partial charge in [0.1, 0.15) is 0 Å². The normalized spacial score (nSPS) is 13.2. The van der Waals surface area contributed by atoms with Gasteiger partial charge in [0.25, 0.3) is 0 Å². The minimum absolute atomic E-state index is 0. The largest absolute Gasteiger partial charge is 2.00 e. The van der Waals surface area contributed by atoms with Gasteiger partial charge in [-0.05, 0) is 5.92 Å². The minimum Gasteiger partial charge on any atom is -0.343 e. The van der Waals surface area contributed by atoms with Crippen LogP contribution in [0.4, 0.5) is 0 Å². The molecule has 1 aromatic rings. The molecule has 0 saturated carbocycles. The van der Waals surface area contributed by atoms with E-state index in [0.29, 0.717) is 5.92 Å². The van der Waals surface area contributed by atoms with Crippen LogP contribution >= 0.6 is 0 Å². The van der Waals surface area contributed by atoms with E-state index in [1.807, 2.05) is 30.3 Å². The summed E-state index contributed by atoms with van der Waals surface area (Å²) in [7, 11) is 0. The molecule has 0 atom stereocenters. The predicted octanol–water partition coefficient (Wildman–Crippen LogP) is 3.75. The summed E-state index contributed by atoms with van der Waals surface area (Å²) >= 11 is 0. The molecule has 0 spiro atoms. The van der Waals surface area contributed by atoms with Crippen LogP contribution in [0.2, 0.25) is 0 Å². The Bertz CT molecular complexity index is 215. The summed E-state index contributed by atoms with van der Waals surface area (Å²) in [6, 6.07) is 10.0. The molecule has 0 unspecified atom stereocenters. The second-order valence-corrected chi connectivity index (χ2v) is 3.04. The first-order valence-corrected chi connectivity index (χ1v) is 4.74. The van der Waals surface area contributed by atoms with Gasteiger partial charge in [0.05, 0.1) is 0 Å². The number of rotatable bonds is 2. The zero-order valence-corrected chi connectivity index (χ0v) is 9.99. The van der Waals surface area contributed by atoms with Crippen LogP contribution in [0.3, 0.4) is 0 Å². The molecule has 76 valence electrons. The molecule has 0 bridgehead atoms. The van der Waals surface area contributed by atoms with E-state index in [9.17, 15) is 0 Å². The molecule has 0 aromatic heterocycles. The Balaban J connectivity index is 0.000000246. The molecule has 0 N–H and O–H groups in total. The fourth-order valence-electron chi connectivity index (χ4n) is 1.23. The maximum absolute atomic E-state index is 3.78. The fraction of sp³-hybridized carbons (Fsp3) is 0.231. The average Bonchev–Trinajstić information content (AvgIpc) is 2.79. The van der Waals surface area contributed by atoms with Crippen molar-refractivity contribution in [2.75, 3.05) is 0 Å². The van der Waals surface area contributed by atoms with Crippen LogP contribution in [0.1, 0.15) is 12.8 Å². The van der Waals surface area contributed by atoms with Gasteiger partial charge in [-0.1, -0.05) is 30.7 Å². The Morgan fingerprint density at radius 2 is 1.64 bits per heavy atom. The van der Waals surface area contributed by atoms with Gasteiger partial charge in [-0.2, -0.15) is 24.6 Å². The van der Waals surface area contributed by atoms with Crippen molar-refractivity contribution in [2.45, 2.75) is 12.8 Å². The van der Waals surface area contributed by atoms with Gasteiger partial charge in [0, 0.05) is 0 Å². The van der Waals surface area contributed by atoms with Crippen LogP contribution in [0, 0.1) is 12.8 Å². The molecule has 1 aliphatic rings. The molecule has 0 aliphatic heterocycles. The van der Waals surface area contributed by atoms with Crippen molar-refractivity contribution < 1.29 is 19.5 Å². The van der Waals surface area contributed by atoms with Crippen LogP contribution in [0.25, 0.3) is 0 Å². The Morgan fingerprint density at radius 3 is 2.00 bits per heavy atom. The maximum Gasteiger partial charge on any atom is 2.00 e. The number of allylic oxidation sites excluding steroid dienone is 4. The molecule has 0 heterocycles. The quantitative estimate of drug-likeness (QED) is 0.569. The van der Waals surface area contributed by atoms with Gasteiger partial charge in [0.2, 0.25) is 0 Å². The molecular weight excluding hydrogens is 257 g/mol. The molecule has 1 aromatic carbocycles. The molecule has 1 heteroatoms. The average molecular weight is 273 g/mol. The van der Waals surface area contributed by atoms with Crippen molar-refractivity contribution in [3.63, 3.8) is 0 Å². The molecule has 2 rings (SSSR count). The molecule has 0 amide bonds. The van der Waals surface area contributed by atoms with Crippen molar-refractivity contribution in [1.29, 1.82) is 0 Å². The molecule has 14 heavy (non-hydrogen) atoms. The van der Waals surface area contributed by atoms with E-state index in [2.05, 4.69) is 31.2 Å². The van der Waals surface area contributed by atoms with Crippen molar-refractivity contribution >= 4 is 0 Å². The topological polar surface area (TPSA) is 0 Å². The monoisotopic (exact) mass is 274 g/mol. The fourth-order valence-corrected chi connectivity index (χ4v) is 1.23. The van der Waals surface area contributed by atoms with Crippen LogP contribution in [0.5, 0.6) is 0 Å². The Morgan fingerprint density at radius 1 is 1.07 bits per heavy atom.